The van der Waals surface area contributed by atoms with Gasteiger partial charge in [0.2, 0.25) is 19.3 Å². The van der Waals surface area contributed by atoms with Crippen molar-refractivity contribution in [1.82, 2.24) is 10.2 Å². The Morgan fingerprint density at radius 2 is 1.88 bits per heavy atom. The van der Waals surface area contributed by atoms with E-state index in [2.05, 4.69) is 15.5 Å². The van der Waals surface area contributed by atoms with Gasteiger partial charge in [-0.25, -0.2) is 12.8 Å². The molecule has 0 fully saturated rings. The molecular formula is C21H17FN4O4S2. The van der Waals surface area contributed by atoms with Gasteiger partial charge < -0.3 is 4.74 Å². The summed E-state index contributed by atoms with van der Waals surface area (Å²) in [5, 5.41) is 18.9. The lowest BCUT2D eigenvalue weighted by Crippen LogP contribution is -2.13. The molecule has 0 bridgehead atoms. The van der Waals surface area contributed by atoms with E-state index in [1.165, 1.54) is 25.1 Å². The Bertz CT molecular complexity index is 1280. The molecule has 164 valence electrons. The fourth-order valence-corrected chi connectivity index (χ4v) is 4.38. The van der Waals surface area contributed by atoms with Gasteiger partial charge in [0.05, 0.1) is 5.75 Å². The van der Waals surface area contributed by atoms with Gasteiger partial charge in [0.15, 0.2) is 0 Å². The molecule has 0 saturated carbocycles. The van der Waals surface area contributed by atoms with Gasteiger partial charge in [0, 0.05) is 0 Å². The van der Waals surface area contributed by atoms with Crippen molar-refractivity contribution in [2.24, 2.45) is 0 Å². The summed E-state index contributed by atoms with van der Waals surface area (Å²) in [7, 11) is -3.53. The average molecular weight is 473 g/mol. The summed E-state index contributed by atoms with van der Waals surface area (Å²) < 4.78 is 42.0. The lowest BCUT2D eigenvalue weighted by molar-refractivity contribution is -0.112. The number of rotatable bonds is 8. The van der Waals surface area contributed by atoms with E-state index in [-0.39, 0.29) is 33.2 Å². The van der Waals surface area contributed by atoms with E-state index in [0.29, 0.717) is 11.3 Å². The highest BCUT2D eigenvalue weighted by molar-refractivity contribution is 7.93. The van der Waals surface area contributed by atoms with Crippen LogP contribution in [0.25, 0.3) is 6.08 Å². The van der Waals surface area contributed by atoms with Crippen LogP contribution in [-0.4, -0.2) is 30.3 Å². The molecule has 1 amide bonds. The first-order chi connectivity index (χ1) is 15.3. The zero-order chi connectivity index (χ0) is 23.1. The predicted molar refractivity (Wildman–Crippen MR) is 117 cm³/mol. The van der Waals surface area contributed by atoms with Gasteiger partial charge in [0.1, 0.15) is 29.8 Å². The maximum atomic E-state index is 12.9. The van der Waals surface area contributed by atoms with Crippen molar-refractivity contribution >= 4 is 38.3 Å². The highest BCUT2D eigenvalue weighted by atomic mass is 32.2. The van der Waals surface area contributed by atoms with E-state index in [1.54, 1.807) is 36.4 Å². The number of carbonyl (C=O) groups excluding carboxylic acids is 1. The summed E-state index contributed by atoms with van der Waals surface area (Å²) in [5.41, 5.74) is 1.20. The van der Waals surface area contributed by atoms with E-state index in [9.17, 15) is 22.9 Å². The number of amides is 1. The average Bonchev–Trinajstić information content (AvgIpc) is 3.27. The molecule has 0 spiro atoms. The number of nitriles is 1. The van der Waals surface area contributed by atoms with Crippen molar-refractivity contribution in [3.63, 3.8) is 0 Å². The molecule has 8 nitrogen and oxygen atoms in total. The van der Waals surface area contributed by atoms with Crippen LogP contribution < -0.4 is 10.1 Å². The van der Waals surface area contributed by atoms with Crippen LogP contribution in [0.15, 0.2) is 58.4 Å². The second-order valence-corrected chi connectivity index (χ2v) is 9.81. The largest absolute Gasteiger partial charge is 0.489 e. The highest BCUT2D eigenvalue weighted by Gasteiger charge is 2.19. The fourth-order valence-electron chi connectivity index (χ4n) is 2.40. The molecule has 1 heterocycles. The molecule has 0 saturated heterocycles. The molecule has 0 unspecified atom stereocenters. The first-order valence-electron chi connectivity index (χ1n) is 9.27. The highest BCUT2D eigenvalue weighted by Crippen LogP contribution is 2.22. The minimum atomic E-state index is -3.53. The van der Waals surface area contributed by atoms with Crippen molar-refractivity contribution in [2.75, 3.05) is 11.1 Å². The Labute approximate surface area is 187 Å². The molecule has 1 aromatic heterocycles. The second kappa shape index (κ2) is 10.1. The maximum Gasteiger partial charge on any atom is 0.268 e. The van der Waals surface area contributed by atoms with Gasteiger partial charge >= 0.3 is 0 Å². The third kappa shape index (κ3) is 5.96. The molecule has 0 aliphatic heterocycles. The van der Waals surface area contributed by atoms with E-state index in [1.807, 2.05) is 6.07 Å². The van der Waals surface area contributed by atoms with Crippen LogP contribution in [0.1, 0.15) is 18.1 Å². The molecule has 2 aromatic carbocycles. The SMILES string of the molecule is CCS(=O)(=O)c1nnc(NC(=O)/C(C#N)=C\c2ccc(OCc3ccc(F)cc3)cc2)s1. The van der Waals surface area contributed by atoms with E-state index in [4.69, 9.17) is 4.74 Å². The van der Waals surface area contributed by atoms with Crippen LogP contribution >= 0.6 is 11.3 Å². The van der Waals surface area contributed by atoms with Gasteiger partial charge in [-0.15, -0.1) is 10.2 Å². The predicted octanol–water partition coefficient (Wildman–Crippen LogP) is 3.60. The fraction of sp³-hybridized carbons (Fsp3) is 0.143. The summed E-state index contributed by atoms with van der Waals surface area (Å²) in [6, 6.07) is 14.5. The molecule has 32 heavy (non-hydrogen) atoms. The molecule has 0 aliphatic carbocycles. The Morgan fingerprint density at radius 1 is 1.19 bits per heavy atom. The molecule has 0 atom stereocenters. The van der Waals surface area contributed by atoms with Crippen molar-refractivity contribution in [1.29, 1.82) is 5.26 Å². The normalized spacial score (nSPS) is 11.6. The van der Waals surface area contributed by atoms with Crippen molar-refractivity contribution < 1.29 is 22.3 Å². The minimum absolute atomic E-state index is 0.0206. The molecule has 0 radical (unpaired) electrons. The second-order valence-electron chi connectivity index (χ2n) is 6.38. The van der Waals surface area contributed by atoms with Gasteiger partial charge in [-0.05, 0) is 41.5 Å². The number of ether oxygens (including phenoxy) is 1. The number of hydrogen-bond donors (Lipinski definition) is 1. The minimum Gasteiger partial charge on any atom is -0.489 e. The number of carbonyl (C=O) groups is 1. The van der Waals surface area contributed by atoms with Crippen LogP contribution in [-0.2, 0) is 21.2 Å². The van der Waals surface area contributed by atoms with Crippen molar-refractivity contribution in [2.45, 2.75) is 17.9 Å². The van der Waals surface area contributed by atoms with Gasteiger partial charge in [-0.3, -0.25) is 10.1 Å². The quantitative estimate of drug-likeness (QED) is 0.302. The molecule has 3 aromatic rings. The summed E-state index contributed by atoms with van der Waals surface area (Å²) in [6.07, 6.45) is 1.38. The third-order valence-corrected chi connectivity index (χ3v) is 7.17. The number of halogens is 1. The first kappa shape index (κ1) is 23.1. The summed E-state index contributed by atoms with van der Waals surface area (Å²) in [5.74, 6) is -0.629. The smallest absolute Gasteiger partial charge is 0.268 e. The number of nitrogens with zero attached hydrogens (tertiary/aromatic N) is 3. The molecule has 1 N–H and O–H groups in total. The van der Waals surface area contributed by atoms with Crippen molar-refractivity contribution in [3.05, 3.63) is 71.0 Å². The van der Waals surface area contributed by atoms with E-state index < -0.39 is 15.7 Å². The molecule has 11 heteroatoms. The van der Waals surface area contributed by atoms with Gasteiger partial charge in [-0.2, -0.15) is 5.26 Å². The van der Waals surface area contributed by atoms with Crippen molar-refractivity contribution in [3.8, 4) is 11.8 Å². The van der Waals surface area contributed by atoms with Crippen LogP contribution in [0.3, 0.4) is 0 Å². The summed E-state index contributed by atoms with van der Waals surface area (Å²) in [4.78, 5) is 12.4. The van der Waals surface area contributed by atoms with Gasteiger partial charge in [0.25, 0.3) is 5.91 Å². The molecule has 3 rings (SSSR count). The monoisotopic (exact) mass is 472 g/mol. The standard InChI is InChI=1S/C21H17FN4O4S2/c1-2-32(28,29)21-26-25-20(31-21)24-19(27)16(12-23)11-14-5-9-18(10-6-14)30-13-15-3-7-17(22)8-4-15/h3-11H,2,13H2,1H3,(H,24,25,27)/b16-11-. The zero-order valence-electron chi connectivity index (χ0n) is 16.8. The van der Waals surface area contributed by atoms with Crippen LogP contribution in [0.5, 0.6) is 5.75 Å². The van der Waals surface area contributed by atoms with Gasteiger partial charge in [-0.1, -0.05) is 42.5 Å². The Balaban J connectivity index is 1.64. The Hall–Kier alpha value is -3.62. The van der Waals surface area contributed by atoms with Crippen LogP contribution in [0, 0.1) is 17.1 Å². The summed E-state index contributed by atoms with van der Waals surface area (Å²) in [6.45, 7) is 1.74. The van der Waals surface area contributed by atoms with E-state index >= 15 is 0 Å². The Kier molecular flexibility index (Phi) is 7.29. The maximum absolute atomic E-state index is 12.9. The zero-order valence-corrected chi connectivity index (χ0v) is 18.4. The van der Waals surface area contributed by atoms with Crippen LogP contribution in [0.4, 0.5) is 9.52 Å². The topological polar surface area (TPSA) is 122 Å². The Morgan fingerprint density at radius 3 is 2.50 bits per heavy atom. The third-order valence-electron chi connectivity index (χ3n) is 4.15. The first-order valence-corrected chi connectivity index (χ1v) is 11.7. The number of aromatic nitrogens is 2. The number of nitrogens with one attached hydrogen (secondary N) is 1. The molecule has 0 aliphatic rings. The lowest BCUT2D eigenvalue weighted by Gasteiger charge is -2.07. The lowest BCUT2D eigenvalue weighted by atomic mass is 10.1. The molecular weight excluding hydrogens is 455 g/mol. The summed E-state index contributed by atoms with van der Waals surface area (Å²) >= 11 is 0.717. The van der Waals surface area contributed by atoms with E-state index in [0.717, 1.165) is 16.9 Å². The number of benzene rings is 2. The van der Waals surface area contributed by atoms with Crippen LogP contribution in [0.2, 0.25) is 0 Å². The number of anilines is 1. The number of hydrogen-bond acceptors (Lipinski definition) is 8. The number of sulfone groups is 1.